The molecule has 0 radical (unpaired) electrons. The molecule has 1 heterocycles. The summed E-state index contributed by atoms with van der Waals surface area (Å²) in [6.45, 7) is 0.629. The molecule has 0 amide bonds. The number of fused-ring (bicyclic) bond motifs is 1. The van der Waals surface area contributed by atoms with E-state index in [1.54, 1.807) is 18.2 Å². The summed E-state index contributed by atoms with van der Waals surface area (Å²) < 4.78 is 19.1. The number of ether oxygens (including phenoxy) is 1. The Hall–Kier alpha value is -1.76. The van der Waals surface area contributed by atoms with E-state index in [0.29, 0.717) is 38.2 Å². The molecule has 30 heavy (non-hydrogen) atoms. The summed E-state index contributed by atoms with van der Waals surface area (Å²) >= 11 is 0. The van der Waals surface area contributed by atoms with Crippen molar-refractivity contribution < 1.29 is 29.2 Å². The van der Waals surface area contributed by atoms with Crippen molar-refractivity contribution in [2.75, 3.05) is 6.61 Å². The second-order valence-electron chi connectivity index (χ2n) is 8.76. The van der Waals surface area contributed by atoms with Gasteiger partial charge in [0.1, 0.15) is 5.82 Å². The van der Waals surface area contributed by atoms with Crippen LogP contribution >= 0.6 is 0 Å². The predicted molar refractivity (Wildman–Crippen MR) is 111 cm³/mol. The maximum Gasteiger partial charge on any atom is 0.303 e. The lowest BCUT2D eigenvalue weighted by atomic mass is 9.86. The first-order valence-electron chi connectivity index (χ1n) is 11.0. The fourth-order valence-corrected chi connectivity index (χ4v) is 4.80. The van der Waals surface area contributed by atoms with Crippen molar-refractivity contribution in [1.82, 2.24) is 0 Å². The molecule has 1 saturated heterocycles. The summed E-state index contributed by atoms with van der Waals surface area (Å²) in [6, 6.07) is 6.31. The first-order valence-corrected chi connectivity index (χ1v) is 11.0. The molecule has 1 aromatic rings. The van der Waals surface area contributed by atoms with Gasteiger partial charge in [0.15, 0.2) is 0 Å². The van der Waals surface area contributed by atoms with Gasteiger partial charge in [0.25, 0.3) is 0 Å². The van der Waals surface area contributed by atoms with Crippen molar-refractivity contribution in [3.8, 4) is 0 Å². The minimum absolute atomic E-state index is 0.0236. The zero-order chi connectivity index (χ0) is 21.5. The number of halogens is 1. The SMILES string of the molecule is O=C(O)CCC[C@H]1CC[C@@H]2[C@@H](/C=C/[C@H](O)CCc3ccc(F)cc3)[C@H](O)C[C@@H]2OC1. The number of rotatable bonds is 9. The van der Waals surface area contributed by atoms with Crippen molar-refractivity contribution in [2.24, 2.45) is 17.8 Å². The third-order valence-corrected chi connectivity index (χ3v) is 6.54. The largest absolute Gasteiger partial charge is 0.481 e. The van der Waals surface area contributed by atoms with Crippen LogP contribution in [-0.4, -0.2) is 46.2 Å². The molecule has 2 aliphatic rings. The van der Waals surface area contributed by atoms with E-state index in [1.165, 1.54) is 12.1 Å². The highest BCUT2D eigenvalue weighted by atomic mass is 19.1. The standard InChI is InChI=1S/C24H33FO5/c25-18-8-4-16(5-9-18)6-10-19(26)11-13-20-21-12-7-17(2-1-3-24(28)29)15-30-23(21)14-22(20)27/h4-5,8-9,11,13,17,19-23,26-27H,1-3,6-7,10,12,14-15H2,(H,28,29)/b13-11+/t17-,19+,20+,21+,22+,23-/m0/s1. The number of aliphatic carboxylic acids is 1. The fraction of sp³-hybridized carbons (Fsp3) is 0.625. The molecule has 0 aromatic heterocycles. The summed E-state index contributed by atoms with van der Waals surface area (Å²) in [5.41, 5.74) is 0.982. The maximum atomic E-state index is 13.0. The molecular weight excluding hydrogens is 387 g/mol. The number of hydrogen-bond donors (Lipinski definition) is 3. The molecule has 5 nitrogen and oxygen atoms in total. The van der Waals surface area contributed by atoms with Gasteiger partial charge in [-0.05, 0) is 68.1 Å². The summed E-state index contributed by atoms with van der Waals surface area (Å²) in [6.07, 6.45) is 8.11. The summed E-state index contributed by atoms with van der Waals surface area (Å²) in [4.78, 5) is 10.7. The molecule has 166 valence electrons. The Bertz CT molecular complexity index is 704. The zero-order valence-corrected chi connectivity index (χ0v) is 17.3. The quantitative estimate of drug-likeness (QED) is 0.530. The van der Waals surface area contributed by atoms with Crippen molar-refractivity contribution in [3.63, 3.8) is 0 Å². The van der Waals surface area contributed by atoms with E-state index in [9.17, 15) is 19.4 Å². The van der Waals surface area contributed by atoms with Crippen molar-refractivity contribution >= 4 is 5.97 Å². The van der Waals surface area contributed by atoms with E-state index >= 15 is 0 Å². The van der Waals surface area contributed by atoms with Crippen LogP contribution in [0.25, 0.3) is 0 Å². The summed E-state index contributed by atoms with van der Waals surface area (Å²) in [5, 5.41) is 29.6. The van der Waals surface area contributed by atoms with Gasteiger partial charge in [-0.15, -0.1) is 0 Å². The Morgan fingerprint density at radius 3 is 2.77 bits per heavy atom. The number of carboxylic acid groups (broad SMARTS) is 1. The molecule has 6 heteroatoms. The van der Waals surface area contributed by atoms with Gasteiger partial charge in [0, 0.05) is 25.4 Å². The lowest BCUT2D eigenvalue weighted by Gasteiger charge is -2.21. The number of benzene rings is 1. The van der Waals surface area contributed by atoms with E-state index in [-0.39, 0.29) is 30.2 Å². The molecule has 3 rings (SSSR count). The number of aliphatic hydroxyl groups excluding tert-OH is 2. The lowest BCUT2D eigenvalue weighted by Crippen LogP contribution is -2.21. The van der Waals surface area contributed by atoms with Gasteiger partial charge in [-0.25, -0.2) is 4.39 Å². The van der Waals surface area contributed by atoms with Gasteiger partial charge in [0.2, 0.25) is 0 Å². The van der Waals surface area contributed by atoms with Gasteiger partial charge in [-0.2, -0.15) is 0 Å². The number of aryl methyl sites for hydroxylation is 1. The molecule has 2 fully saturated rings. The van der Waals surface area contributed by atoms with Gasteiger partial charge >= 0.3 is 5.97 Å². The van der Waals surface area contributed by atoms with Crippen LogP contribution in [0.3, 0.4) is 0 Å². The third kappa shape index (κ3) is 6.62. The molecule has 0 unspecified atom stereocenters. The van der Waals surface area contributed by atoms with Crippen LogP contribution in [-0.2, 0) is 16.0 Å². The summed E-state index contributed by atoms with van der Waals surface area (Å²) in [5.74, 6) is -0.456. The van der Waals surface area contributed by atoms with Crippen LogP contribution in [0.2, 0.25) is 0 Å². The van der Waals surface area contributed by atoms with E-state index in [4.69, 9.17) is 9.84 Å². The molecule has 0 spiro atoms. The minimum Gasteiger partial charge on any atom is -0.481 e. The minimum atomic E-state index is -0.757. The van der Waals surface area contributed by atoms with Crippen LogP contribution in [0.5, 0.6) is 0 Å². The van der Waals surface area contributed by atoms with Crippen molar-refractivity contribution in [1.29, 1.82) is 0 Å². The zero-order valence-electron chi connectivity index (χ0n) is 17.3. The average molecular weight is 421 g/mol. The Labute approximate surface area is 177 Å². The van der Waals surface area contributed by atoms with Gasteiger partial charge in [0.05, 0.1) is 18.3 Å². The molecule has 1 aromatic carbocycles. The smallest absolute Gasteiger partial charge is 0.303 e. The fourth-order valence-electron chi connectivity index (χ4n) is 4.80. The molecular formula is C24H33FO5. The highest BCUT2D eigenvalue weighted by Crippen LogP contribution is 2.42. The number of carbonyl (C=O) groups is 1. The number of aliphatic hydroxyl groups is 2. The van der Waals surface area contributed by atoms with Gasteiger partial charge in [-0.3, -0.25) is 4.79 Å². The van der Waals surface area contributed by atoms with E-state index in [0.717, 1.165) is 24.8 Å². The normalized spacial score (nSPS) is 30.2. The van der Waals surface area contributed by atoms with Crippen LogP contribution in [0.1, 0.15) is 50.5 Å². The topological polar surface area (TPSA) is 87.0 Å². The Morgan fingerprint density at radius 2 is 2.03 bits per heavy atom. The molecule has 1 saturated carbocycles. The first-order chi connectivity index (χ1) is 14.4. The van der Waals surface area contributed by atoms with Crippen LogP contribution in [0.15, 0.2) is 36.4 Å². The van der Waals surface area contributed by atoms with Crippen molar-refractivity contribution in [2.45, 2.75) is 69.7 Å². The van der Waals surface area contributed by atoms with Crippen LogP contribution in [0, 0.1) is 23.6 Å². The maximum absolute atomic E-state index is 13.0. The van der Waals surface area contributed by atoms with Gasteiger partial charge in [-0.1, -0.05) is 24.3 Å². The highest BCUT2D eigenvalue weighted by molar-refractivity contribution is 5.66. The number of carboxylic acids is 1. The molecule has 0 bridgehead atoms. The highest BCUT2D eigenvalue weighted by Gasteiger charge is 2.43. The van der Waals surface area contributed by atoms with E-state index < -0.39 is 18.2 Å². The Balaban J connectivity index is 1.48. The van der Waals surface area contributed by atoms with Crippen LogP contribution < -0.4 is 0 Å². The van der Waals surface area contributed by atoms with E-state index in [2.05, 4.69) is 0 Å². The lowest BCUT2D eigenvalue weighted by molar-refractivity contribution is -0.137. The molecule has 3 N–H and O–H groups in total. The molecule has 6 atom stereocenters. The monoisotopic (exact) mass is 420 g/mol. The second-order valence-corrected chi connectivity index (χ2v) is 8.76. The van der Waals surface area contributed by atoms with Crippen LogP contribution in [0.4, 0.5) is 4.39 Å². The van der Waals surface area contributed by atoms with Crippen molar-refractivity contribution in [3.05, 3.63) is 47.8 Å². The van der Waals surface area contributed by atoms with E-state index in [1.807, 2.05) is 6.08 Å². The third-order valence-electron chi connectivity index (χ3n) is 6.54. The number of hydrogen-bond acceptors (Lipinski definition) is 4. The predicted octanol–water partition coefficient (Wildman–Crippen LogP) is 3.72. The molecule has 1 aliphatic heterocycles. The Kier molecular flexibility index (Phi) is 8.42. The second kappa shape index (κ2) is 11.0. The Morgan fingerprint density at radius 1 is 1.27 bits per heavy atom. The molecule has 1 aliphatic carbocycles. The average Bonchev–Trinajstić information content (AvgIpc) is 2.87. The summed E-state index contributed by atoms with van der Waals surface area (Å²) in [7, 11) is 0. The van der Waals surface area contributed by atoms with Gasteiger partial charge < -0.3 is 20.1 Å². The first kappa shape index (κ1) is 22.9.